The standard InChI is InChI=1S/C19H26O6/c1-12(16-10-19(16,17(20)23-4)18(21)24-5)13(2)25-11-14-6-8-15(22-3)9-7-14/h6-9,12-13,16H,10-11H2,1-5H3/t12-,13+,16?/m0/s1. The van der Waals surface area contributed by atoms with E-state index in [2.05, 4.69) is 0 Å². The highest BCUT2D eigenvalue weighted by atomic mass is 16.5. The van der Waals surface area contributed by atoms with Crippen molar-refractivity contribution in [3.63, 3.8) is 0 Å². The van der Waals surface area contributed by atoms with Gasteiger partial charge in [-0.15, -0.1) is 0 Å². The van der Waals surface area contributed by atoms with Crippen LogP contribution in [0.5, 0.6) is 5.75 Å². The average Bonchev–Trinajstić information content (AvgIpc) is 3.41. The molecular weight excluding hydrogens is 324 g/mol. The molecule has 1 aliphatic rings. The second-order valence-corrected chi connectivity index (χ2v) is 6.49. The second kappa shape index (κ2) is 7.87. The van der Waals surface area contributed by atoms with Gasteiger partial charge >= 0.3 is 11.9 Å². The van der Waals surface area contributed by atoms with Gasteiger partial charge in [0, 0.05) is 0 Å². The zero-order chi connectivity index (χ0) is 18.6. The first-order valence-corrected chi connectivity index (χ1v) is 8.32. The van der Waals surface area contributed by atoms with Gasteiger partial charge in [-0.25, -0.2) is 0 Å². The van der Waals surface area contributed by atoms with Crippen molar-refractivity contribution in [1.29, 1.82) is 0 Å². The van der Waals surface area contributed by atoms with Gasteiger partial charge in [0.2, 0.25) is 0 Å². The third-order valence-electron chi connectivity index (χ3n) is 5.16. The summed E-state index contributed by atoms with van der Waals surface area (Å²) in [6, 6.07) is 7.65. The number of hydrogen-bond acceptors (Lipinski definition) is 6. The summed E-state index contributed by atoms with van der Waals surface area (Å²) >= 11 is 0. The molecular formula is C19H26O6. The van der Waals surface area contributed by atoms with E-state index in [-0.39, 0.29) is 17.9 Å². The molecule has 1 aliphatic carbocycles. The summed E-state index contributed by atoms with van der Waals surface area (Å²) in [5.41, 5.74) is -0.149. The van der Waals surface area contributed by atoms with Crippen molar-refractivity contribution < 1.29 is 28.5 Å². The summed E-state index contributed by atoms with van der Waals surface area (Å²) in [7, 11) is 4.20. The molecule has 0 radical (unpaired) electrons. The molecule has 0 N–H and O–H groups in total. The van der Waals surface area contributed by atoms with Gasteiger partial charge in [-0.1, -0.05) is 19.1 Å². The SMILES string of the molecule is COC(=O)C1(C(=O)OC)CC1[C@@H](C)[C@@H](C)OCc1ccc(OC)cc1. The topological polar surface area (TPSA) is 71.1 Å². The molecule has 1 saturated carbocycles. The first-order valence-electron chi connectivity index (χ1n) is 8.32. The van der Waals surface area contributed by atoms with Crippen LogP contribution in [0.15, 0.2) is 24.3 Å². The minimum Gasteiger partial charge on any atom is -0.497 e. The molecule has 0 aliphatic heterocycles. The summed E-state index contributed by atoms with van der Waals surface area (Å²) < 4.78 is 20.7. The molecule has 2 rings (SSSR count). The molecule has 3 atom stereocenters. The third kappa shape index (κ3) is 3.79. The fraction of sp³-hybridized carbons (Fsp3) is 0.579. The monoisotopic (exact) mass is 350 g/mol. The summed E-state index contributed by atoms with van der Waals surface area (Å²) in [6.45, 7) is 4.38. The number of ether oxygens (including phenoxy) is 4. The van der Waals surface area contributed by atoms with Crippen LogP contribution in [-0.2, 0) is 30.4 Å². The smallest absolute Gasteiger partial charge is 0.323 e. The largest absolute Gasteiger partial charge is 0.497 e. The zero-order valence-corrected chi connectivity index (χ0v) is 15.4. The number of rotatable bonds is 8. The van der Waals surface area contributed by atoms with Crippen molar-refractivity contribution in [2.75, 3.05) is 21.3 Å². The van der Waals surface area contributed by atoms with E-state index >= 15 is 0 Å². The highest BCUT2D eigenvalue weighted by Gasteiger charge is 2.69. The number of methoxy groups -OCH3 is 3. The van der Waals surface area contributed by atoms with Crippen molar-refractivity contribution in [1.82, 2.24) is 0 Å². The maximum Gasteiger partial charge on any atom is 0.323 e. The van der Waals surface area contributed by atoms with Gasteiger partial charge in [-0.3, -0.25) is 9.59 Å². The van der Waals surface area contributed by atoms with Crippen LogP contribution < -0.4 is 4.74 Å². The molecule has 0 spiro atoms. The van der Waals surface area contributed by atoms with Crippen molar-refractivity contribution in [3.8, 4) is 5.75 Å². The van der Waals surface area contributed by atoms with Gasteiger partial charge in [0.05, 0.1) is 34.0 Å². The Balaban J connectivity index is 1.96. The van der Waals surface area contributed by atoms with Gasteiger partial charge in [-0.05, 0) is 42.9 Å². The fourth-order valence-electron chi connectivity index (χ4n) is 3.27. The maximum atomic E-state index is 12.1. The van der Waals surface area contributed by atoms with Crippen LogP contribution in [0.2, 0.25) is 0 Å². The minimum atomic E-state index is -1.18. The Bertz CT molecular complexity index is 593. The lowest BCUT2D eigenvalue weighted by Crippen LogP contribution is -2.33. The van der Waals surface area contributed by atoms with Crippen molar-refractivity contribution in [2.24, 2.45) is 17.3 Å². The molecule has 138 valence electrons. The first-order chi connectivity index (χ1) is 11.9. The van der Waals surface area contributed by atoms with Crippen molar-refractivity contribution in [2.45, 2.75) is 33.0 Å². The second-order valence-electron chi connectivity index (χ2n) is 6.49. The van der Waals surface area contributed by atoms with E-state index in [0.29, 0.717) is 13.0 Å². The molecule has 6 nitrogen and oxygen atoms in total. The van der Waals surface area contributed by atoms with Gasteiger partial charge in [-0.2, -0.15) is 0 Å². The lowest BCUT2D eigenvalue weighted by molar-refractivity contribution is -0.163. The van der Waals surface area contributed by atoms with E-state index < -0.39 is 17.4 Å². The lowest BCUT2D eigenvalue weighted by Gasteiger charge is -2.23. The van der Waals surface area contributed by atoms with Crippen LogP contribution in [0.1, 0.15) is 25.8 Å². The zero-order valence-electron chi connectivity index (χ0n) is 15.4. The number of carbonyl (C=O) groups excluding carboxylic acids is 2. The van der Waals surface area contributed by atoms with Crippen molar-refractivity contribution >= 4 is 11.9 Å². The highest BCUT2D eigenvalue weighted by Crippen LogP contribution is 2.59. The third-order valence-corrected chi connectivity index (χ3v) is 5.16. The summed E-state index contributed by atoms with van der Waals surface area (Å²) in [4.78, 5) is 24.2. The van der Waals surface area contributed by atoms with E-state index in [1.807, 2.05) is 38.1 Å². The first kappa shape index (κ1) is 19.2. The van der Waals surface area contributed by atoms with E-state index in [9.17, 15) is 9.59 Å². The summed E-state index contributed by atoms with van der Waals surface area (Å²) in [5.74, 6) is -0.393. The quantitative estimate of drug-likeness (QED) is 0.530. The molecule has 25 heavy (non-hydrogen) atoms. The van der Waals surface area contributed by atoms with Crippen LogP contribution in [0, 0.1) is 17.3 Å². The summed E-state index contributed by atoms with van der Waals surface area (Å²) in [5, 5.41) is 0. The van der Waals surface area contributed by atoms with Gasteiger partial charge in [0.25, 0.3) is 0 Å². The number of hydrogen-bond donors (Lipinski definition) is 0. The predicted molar refractivity (Wildman–Crippen MR) is 91.0 cm³/mol. The van der Waals surface area contributed by atoms with Crippen LogP contribution in [0.25, 0.3) is 0 Å². The molecule has 1 fully saturated rings. The maximum absolute atomic E-state index is 12.1. The minimum absolute atomic E-state index is 0.0106. The number of benzene rings is 1. The summed E-state index contributed by atoms with van der Waals surface area (Å²) in [6.07, 6.45) is 0.312. The Hall–Kier alpha value is -2.08. The highest BCUT2D eigenvalue weighted by molar-refractivity contribution is 6.03. The van der Waals surface area contributed by atoms with Crippen LogP contribution in [0.4, 0.5) is 0 Å². The van der Waals surface area contributed by atoms with Gasteiger partial charge in [0.15, 0.2) is 5.41 Å². The fourth-order valence-corrected chi connectivity index (χ4v) is 3.27. The Morgan fingerprint density at radius 3 is 2.12 bits per heavy atom. The number of esters is 2. The molecule has 1 aromatic rings. The van der Waals surface area contributed by atoms with E-state index in [0.717, 1.165) is 11.3 Å². The molecule has 0 bridgehead atoms. The van der Waals surface area contributed by atoms with Crippen LogP contribution >= 0.6 is 0 Å². The predicted octanol–water partition coefficient (Wildman–Crippen LogP) is 2.59. The lowest BCUT2D eigenvalue weighted by atomic mass is 9.92. The Morgan fingerprint density at radius 2 is 1.64 bits per heavy atom. The van der Waals surface area contributed by atoms with Crippen LogP contribution in [-0.4, -0.2) is 39.4 Å². The Kier molecular flexibility index (Phi) is 6.06. The molecule has 0 aromatic heterocycles. The van der Waals surface area contributed by atoms with E-state index in [1.54, 1.807) is 7.11 Å². The van der Waals surface area contributed by atoms with E-state index in [1.165, 1.54) is 14.2 Å². The molecule has 0 amide bonds. The Morgan fingerprint density at radius 1 is 1.08 bits per heavy atom. The molecule has 1 unspecified atom stereocenters. The molecule has 0 saturated heterocycles. The molecule has 0 heterocycles. The van der Waals surface area contributed by atoms with Crippen LogP contribution in [0.3, 0.4) is 0 Å². The van der Waals surface area contributed by atoms with Gasteiger partial charge in [0.1, 0.15) is 5.75 Å². The Labute approximate surface area is 148 Å². The normalized spacial score (nSPS) is 20.3. The molecule has 6 heteroatoms. The number of carbonyl (C=O) groups is 2. The van der Waals surface area contributed by atoms with Gasteiger partial charge < -0.3 is 18.9 Å². The average molecular weight is 350 g/mol. The van der Waals surface area contributed by atoms with E-state index in [4.69, 9.17) is 18.9 Å². The molecule has 1 aromatic carbocycles. The van der Waals surface area contributed by atoms with Crippen molar-refractivity contribution in [3.05, 3.63) is 29.8 Å².